The van der Waals surface area contributed by atoms with Crippen LogP contribution < -0.4 is 0 Å². The Morgan fingerprint density at radius 2 is 1.69 bits per heavy atom. The van der Waals surface area contributed by atoms with Crippen LogP contribution in [0.4, 0.5) is 0 Å². The minimum Gasteiger partial charge on any atom is -0.346 e. The molecule has 5 aromatic rings. The number of hydrogen-bond donors (Lipinski definition) is 1. The van der Waals surface area contributed by atoms with Crippen molar-refractivity contribution in [3.05, 3.63) is 72.0 Å². The molecule has 0 aromatic carbocycles. The third-order valence-corrected chi connectivity index (χ3v) is 4.26. The summed E-state index contributed by atoms with van der Waals surface area (Å²) in [5.41, 5.74) is 2.51. The standard InChI is InChI=1S/C11H7ClN4.C6H4ClN3/c12-10-9-3-5-16(11(9)15-7-14-10)8-2-1-4-13-6-8;7-5-4-1-2-8-6(4)10-3-9-5/h1-7H;1-3H,(H,8,9,10). The van der Waals surface area contributed by atoms with Crippen LogP contribution in [0.2, 0.25) is 10.3 Å². The van der Waals surface area contributed by atoms with E-state index < -0.39 is 0 Å². The zero-order valence-corrected chi connectivity index (χ0v) is 14.7. The van der Waals surface area contributed by atoms with E-state index in [2.05, 4.69) is 29.9 Å². The van der Waals surface area contributed by atoms with Gasteiger partial charge in [-0.3, -0.25) is 9.55 Å². The number of aromatic amines is 1. The molecule has 0 amide bonds. The highest BCUT2D eigenvalue weighted by atomic mass is 35.5. The van der Waals surface area contributed by atoms with Gasteiger partial charge in [0.1, 0.15) is 34.3 Å². The fourth-order valence-electron chi connectivity index (χ4n) is 2.47. The van der Waals surface area contributed by atoms with Gasteiger partial charge in [-0.2, -0.15) is 0 Å². The van der Waals surface area contributed by atoms with Crippen molar-refractivity contribution in [3.8, 4) is 5.69 Å². The van der Waals surface area contributed by atoms with Crippen molar-refractivity contribution in [1.29, 1.82) is 0 Å². The highest BCUT2D eigenvalue weighted by molar-refractivity contribution is 6.34. The number of rotatable bonds is 1. The van der Waals surface area contributed by atoms with Gasteiger partial charge in [-0.1, -0.05) is 23.2 Å². The topological polar surface area (TPSA) is 85.2 Å². The normalized spacial score (nSPS) is 10.7. The molecule has 0 radical (unpaired) electrons. The molecule has 0 saturated carbocycles. The molecular formula is C17H11Cl2N7. The van der Waals surface area contributed by atoms with Crippen molar-refractivity contribution < 1.29 is 0 Å². The Morgan fingerprint density at radius 1 is 0.885 bits per heavy atom. The lowest BCUT2D eigenvalue weighted by atomic mass is 10.4. The van der Waals surface area contributed by atoms with Gasteiger partial charge in [0.25, 0.3) is 0 Å². The molecule has 128 valence electrons. The van der Waals surface area contributed by atoms with Crippen LogP contribution in [0.15, 0.2) is 61.7 Å². The number of nitrogens with one attached hydrogen (secondary N) is 1. The molecule has 0 unspecified atom stereocenters. The lowest BCUT2D eigenvalue weighted by Crippen LogP contribution is -1.94. The maximum Gasteiger partial charge on any atom is 0.149 e. The van der Waals surface area contributed by atoms with Crippen molar-refractivity contribution in [3.63, 3.8) is 0 Å². The van der Waals surface area contributed by atoms with Gasteiger partial charge in [-0.25, -0.2) is 19.9 Å². The molecule has 0 aliphatic carbocycles. The predicted octanol–water partition coefficient (Wildman–Crippen LogP) is 4.08. The largest absolute Gasteiger partial charge is 0.346 e. The van der Waals surface area contributed by atoms with E-state index in [0.717, 1.165) is 27.8 Å². The number of pyridine rings is 1. The number of H-pyrrole nitrogens is 1. The van der Waals surface area contributed by atoms with Crippen molar-refractivity contribution in [2.24, 2.45) is 0 Å². The summed E-state index contributed by atoms with van der Waals surface area (Å²) in [6, 6.07) is 7.58. The molecule has 0 spiro atoms. The van der Waals surface area contributed by atoms with Gasteiger partial charge >= 0.3 is 0 Å². The summed E-state index contributed by atoms with van der Waals surface area (Å²) in [7, 11) is 0. The molecule has 26 heavy (non-hydrogen) atoms. The first-order valence-electron chi connectivity index (χ1n) is 7.55. The average molecular weight is 384 g/mol. The fourth-order valence-corrected chi connectivity index (χ4v) is 2.85. The van der Waals surface area contributed by atoms with E-state index in [9.17, 15) is 0 Å². The summed E-state index contributed by atoms with van der Waals surface area (Å²) in [5.74, 6) is 0. The molecule has 9 heteroatoms. The molecule has 0 aliphatic heterocycles. The van der Waals surface area contributed by atoms with Crippen LogP contribution in [0.1, 0.15) is 0 Å². The van der Waals surface area contributed by atoms with Crippen molar-refractivity contribution >= 4 is 45.3 Å². The van der Waals surface area contributed by atoms with Crippen molar-refractivity contribution in [2.45, 2.75) is 0 Å². The van der Waals surface area contributed by atoms with Crippen LogP contribution in [0.5, 0.6) is 0 Å². The minimum atomic E-state index is 0.465. The smallest absolute Gasteiger partial charge is 0.149 e. The molecule has 0 bridgehead atoms. The van der Waals surface area contributed by atoms with Crippen LogP contribution in [0, 0.1) is 0 Å². The maximum atomic E-state index is 5.98. The molecular weight excluding hydrogens is 373 g/mol. The fraction of sp³-hybridized carbons (Fsp3) is 0. The van der Waals surface area contributed by atoms with Crippen molar-refractivity contribution in [2.75, 3.05) is 0 Å². The Bertz CT molecular complexity index is 1170. The van der Waals surface area contributed by atoms with E-state index in [1.807, 2.05) is 35.0 Å². The Kier molecular flexibility index (Phi) is 4.47. The Balaban J connectivity index is 0.000000144. The summed E-state index contributed by atoms with van der Waals surface area (Å²) >= 11 is 11.7. The Hall–Kier alpha value is -3.03. The Morgan fingerprint density at radius 3 is 2.46 bits per heavy atom. The zero-order chi connectivity index (χ0) is 17.9. The van der Waals surface area contributed by atoms with Crippen LogP contribution in [0.25, 0.3) is 27.8 Å². The van der Waals surface area contributed by atoms with Gasteiger partial charge in [-0.15, -0.1) is 0 Å². The van der Waals surface area contributed by atoms with E-state index in [0.29, 0.717) is 10.3 Å². The maximum absolute atomic E-state index is 5.98. The second-order valence-corrected chi connectivity index (χ2v) is 5.92. The third kappa shape index (κ3) is 3.10. The summed E-state index contributed by atoms with van der Waals surface area (Å²) < 4.78 is 1.93. The molecule has 5 aromatic heterocycles. The second-order valence-electron chi connectivity index (χ2n) is 5.20. The number of nitrogens with zero attached hydrogens (tertiary/aromatic N) is 6. The zero-order valence-electron chi connectivity index (χ0n) is 13.2. The average Bonchev–Trinajstić information content (AvgIpc) is 3.31. The Labute approximate surface area is 157 Å². The predicted molar refractivity (Wildman–Crippen MR) is 101 cm³/mol. The summed E-state index contributed by atoms with van der Waals surface area (Å²) in [6.07, 6.45) is 10.1. The van der Waals surface area contributed by atoms with Gasteiger partial charge in [0.2, 0.25) is 0 Å². The van der Waals surface area contributed by atoms with Gasteiger partial charge in [0.15, 0.2) is 0 Å². The molecule has 0 saturated heterocycles. The first kappa shape index (κ1) is 16.4. The monoisotopic (exact) mass is 383 g/mol. The molecule has 7 nitrogen and oxygen atoms in total. The molecule has 0 aliphatic rings. The van der Waals surface area contributed by atoms with Crippen molar-refractivity contribution in [1.82, 2.24) is 34.5 Å². The minimum absolute atomic E-state index is 0.465. The second kappa shape index (κ2) is 7.07. The van der Waals surface area contributed by atoms with E-state index in [4.69, 9.17) is 23.2 Å². The van der Waals surface area contributed by atoms with Gasteiger partial charge in [-0.05, 0) is 24.3 Å². The lowest BCUT2D eigenvalue weighted by molar-refractivity contribution is 1.06. The first-order chi connectivity index (χ1) is 12.7. The van der Waals surface area contributed by atoms with Crippen LogP contribution in [0.3, 0.4) is 0 Å². The van der Waals surface area contributed by atoms with Crippen LogP contribution in [-0.4, -0.2) is 34.5 Å². The first-order valence-corrected chi connectivity index (χ1v) is 8.31. The molecule has 1 N–H and O–H groups in total. The highest BCUT2D eigenvalue weighted by Gasteiger charge is 2.07. The highest BCUT2D eigenvalue weighted by Crippen LogP contribution is 2.22. The number of aromatic nitrogens is 7. The number of hydrogen-bond acceptors (Lipinski definition) is 5. The van der Waals surface area contributed by atoms with Crippen LogP contribution in [-0.2, 0) is 0 Å². The van der Waals surface area contributed by atoms with Gasteiger partial charge in [0.05, 0.1) is 22.7 Å². The SMILES string of the molecule is Clc1ncnc2[nH]ccc12.Clc1ncnc2c1ccn2-c1cccnc1. The lowest BCUT2D eigenvalue weighted by Gasteiger charge is -2.02. The summed E-state index contributed by atoms with van der Waals surface area (Å²) in [5, 5.41) is 2.66. The van der Waals surface area contributed by atoms with E-state index >= 15 is 0 Å². The summed E-state index contributed by atoms with van der Waals surface area (Å²) in [6.45, 7) is 0. The van der Waals surface area contributed by atoms with Gasteiger partial charge < -0.3 is 4.98 Å². The van der Waals surface area contributed by atoms with E-state index in [1.165, 1.54) is 12.7 Å². The molecule has 5 rings (SSSR count). The quantitative estimate of drug-likeness (QED) is 0.440. The molecule has 0 fully saturated rings. The van der Waals surface area contributed by atoms with E-state index in [1.54, 1.807) is 18.6 Å². The van der Waals surface area contributed by atoms with Gasteiger partial charge in [0, 0.05) is 18.6 Å². The number of fused-ring (bicyclic) bond motifs is 2. The summed E-state index contributed by atoms with van der Waals surface area (Å²) in [4.78, 5) is 22.9. The van der Waals surface area contributed by atoms with E-state index in [-0.39, 0.29) is 0 Å². The third-order valence-electron chi connectivity index (χ3n) is 3.66. The molecule has 0 atom stereocenters. The molecule has 5 heterocycles. The van der Waals surface area contributed by atoms with Crippen LogP contribution >= 0.6 is 23.2 Å². The number of halogens is 2.